The maximum atomic E-state index is 12.3. The maximum Gasteiger partial charge on any atom is 0.329 e. The summed E-state index contributed by atoms with van der Waals surface area (Å²) in [6.07, 6.45) is 0.849. The number of carbonyl (C=O) groups is 3. The highest BCUT2D eigenvalue weighted by Gasteiger charge is 2.18. The van der Waals surface area contributed by atoms with E-state index in [2.05, 4.69) is 0 Å². The highest BCUT2D eigenvalue weighted by Crippen LogP contribution is 2.10. The number of amides is 1. The largest absolute Gasteiger partial charge is 0.480 e. The lowest BCUT2D eigenvalue weighted by Gasteiger charge is -2.21. The molecule has 0 spiro atoms. The molecule has 0 aliphatic carbocycles. The summed E-state index contributed by atoms with van der Waals surface area (Å²) in [6.45, 7) is -0.0382. The fourth-order valence-corrected chi connectivity index (χ4v) is 2.09. The SMILES string of the molecule is O=C(O)C=CCl.O=C(O)CN(Cc1ccccc1)C(=O)c1ccccc1. The van der Waals surface area contributed by atoms with Crippen LogP contribution in [0.5, 0.6) is 0 Å². The van der Waals surface area contributed by atoms with Crippen molar-refractivity contribution in [3.8, 4) is 0 Å². The number of carboxylic acids is 2. The quantitative estimate of drug-likeness (QED) is 0.756. The summed E-state index contributed by atoms with van der Waals surface area (Å²) in [7, 11) is 0. The Kier molecular flexibility index (Phi) is 9.20. The second kappa shape index (κ2) is 11.4. The van der Waals surface area contributed by atoms with E-state index in [1.54, 1.807) is 24.3 Å². The Balaban J connectivity index is 0.000000487. The highest BCUT2D eigenvalue weighted by molar-refractivity contribution is 6.26. The van der Waals surface area contributed by atoms with Crippen LogP contribution in [0, 0.1) is 0 Å². The molecule has 0 aliphatic rings. The van der Waals surface area contributed by atoms with E-state index < -0.39 is 11.9 Å². The van der Waals surface area contributed by atoms with E-state index in [9.17, 15) is 14.4 Å². The lowest BCUT2D eigenvalue weighted by atomic mass is 10.1. The lowest BCUT2D eigenvalue weighted by molar-refractivity contribution is -0.138. The topological polar surface area (TPSA) is 94.9 Å². The fourth-order valence-electron chi connectivity index (χ4n) is 1.98. The number of nitrogens with zero attached hydrogens (tertiary/aromatic N) is 1. The Bertz CT molecular complexity index is 747. The molecule has 7 heteroatoms. The van der Waals surface area contributed by atoms with Gasteiger partial charge in [-0.3, -0.25) is 9.59 Å². The zero-order valence-electron chi connectivity index (χ0n) is 13.8. The van der Waals surface area contributed by atoms with Crippen molar-refractivity contribution in [3.05, 3.63) is 83.4 Å². The Hall–Kier alpha value is -3.12. The van der Waals surface area contributed by atoms with Crippen molar-refractivity contribution >= 4 is 29.4 Å². The van der Waals surface area contributed by atoms with Gasteiger partial charge in [0.25, 0.3) is 5.91 Å². The van der Waals surface area contributed by atoms with Gasteiger partial charge in [0.1, 0.15) is 6.54 Å². The average Bonchev–Trinajstić information content (AvgIpc) is 2.62. The van der Waals surface area contributed by atoms with Crippen LogP contribution in [0.3, 0.4) is 0 Å². The van der Waals surface area contributed by atoms with Gasteiger partial charge in [0, 0.05) is 23.7 Å². The summed E-state index contributed by atoms with van der Waals surface area (Å²) in [5, 5.41) is 16.7. The van der Waals surface area contributed by atoms with Gasteiger partial charge in [0.15, 0.2) is 0 Å². The first-order valence-corrected chi connectivity index (χ1v) is 7.97. The second-order valence-electron chi connectivity index (χ2n) is 5.04. The molecule has 136 valence electrons. The van der Waals surface area contributed by atoms with E-state index in [0.717, 1.165) is 17.2 Å². The first kappa shape index (κ1) is 20.9. The van der Waals surface area contributed by atoms with Crippen LogP contribution in [0.2, 0.25) is 0 Å². The molecular formula is C19H18ClNO5. The van der Waals surface area contributed by atoms with Gasteiger partial charge in [-0.05, 0) is 17.7 Å². The van der Waals surface area contributed by atoms with E-state index in [-0.39, 0.29) is 19.0 Å². The van der Waals surface area contributed by atoms with Gasteiger partial charge in [-0.1, -0.05) is 60.1 Å². The standard InChI is InChI=1S/C16H15NO3.C3H3ClO2/c18-15(19)12-17(11-13-7-3-1-4-8-13)16(20)14-9-5-2-6-10-14;4-2-1-3(5)6/h1-10H,11-12H2,(H,18,19);1-2H,(H,5,6). The van der Waals surface area contributed by atoms with E-state index >= 15 is 0 Å². The summed E-state index contributed by atoms with van der Waals surface area (Å²) >= 11 is 4.84. The minimum atomic E-state index is -1.02. The predicted octanol–water partition coefficient (Wildman–Crippen LogP) is 3.24. The number of carbonyl (C=O) groups excluding carboxylic acids is 1. The van der Waals surface area contributed by atoms with Crippen molar-refractivity contribution in [1.29, 1.82) is 0 Å². The Morgan fingerprint density at radius 2 is 1.46 bits per heavy atom. The van der Waals surface area contributed by atoms with Crippen LogP contribution < -0.4 is 0 Å². The molecule has 0 bridgehead atoms. The molecule has 0 atom stereocenters. The number of benzene rings is 2. The summed E-state index contributed by atoms with van der Waals surface area (Å²) in [4.78, 5) is 34.0. The van der Waals surface area contributed by atoms with Gasteiger partial charge >= 0.3 is 11.9 Å². The van der Waals surface area contributed by atoms with Gasteiger partial charge in [0.05, 0.1) is 0 Å². The van der Waals surface area contributed by atoms with E-state index in [1.165, 1.54) is 4.90 Å². The van der Waals surface area contributed by atoms with Crippen molar-refractivity contribution in [2.75, 3.05) is 6.54 Å². The molecule has 0 fully saturated rings. The van der Waals surface area contributed by atoms with Crippen LogP contribution in [-0.2, 0) is 16.1 Å². The van der Waals surface area contributed by atoms with Crippen molar-refractivity contribution in [1.82, 2.24) is 4.90 Å². The molecule has 2 aromatic rings. The minimum absolute atomic E-state index is 0.279. The Morgan fingerprint density at radius 1 is 0.923 bits per heavy atom. The van der Waals surface area contributed by atoms with Crippen molar-refractivity contribution in [2.45, 2.75) is 6.54 Å². The second-order valence-corrected chi connectivity index (χ2v) is 5.29. The number of hydrogen-bond donors (Lipinski definition) is 2. The number of hydrogen-bond acceptors (Lipinski definition) is 3. The fraction of sp³-hybridized carbons (Fsp3) is 0.105. The van der Waals surface area contributed by atoms with Crippen molar-refractivity contribution in [2.24, 2.45) is 0 Å². The number of aliphatic carboxylic acids is 2. The molecule has 0 saturated carbocycles. The van der Waals surface area contributed by atoms with Crippen LogP contribution in [0.15, 0.2) is 72.3 Å². The first-order valence-electron chi connectivity index (χ1n) is 7.53. The Morgan fingerprint density at radius 3 is 1.88 bits per heavy atom. The molecule has 0 saturated heterocycles. The molecule has 26 heavy (non-hydrogen) atoms. The molecule has 0 aliphatic heterocycles. The molecule has 2 rings (SSSR count). The molecule has 0 radical (unpaired) electrons. The molecule has 1 amide bonds. The number of rotatable bonds is 6. The van der Waals surface area contributed by atoms with Crippen molar-refractivity contribution in [3.63, 3.8) is 0 Å². The van der Waals surface area contributed by atoms with E-state index in [4.69, 9.17) is 21.8 Å². The molecular weight excluding hydrogens is 358 g/mol. The van der Waals surface area contributed by atoms with E-state index in [1.807, 2.05) is 36.4 Å². The highest BCUT2D eigenvalue weighted by atomic mass is 35.5. The molecule has 2 aromatic carbocycles. The normalized spacial score (nSPS) is 9.88. The lowest BCUT2D eigenvalue weighted by Crippen LogP contribution is -2.35. The Labute approximate surface area is 155 Å². The number of halogens is 1. The summed E-state index contributed by atoms with van der Waals surface area (Å²) in [5.41, 5.74) is 2.34. The average molecular weight is 376 g/mol. The summed E-state index contributed by atoms with van der Waals surface area (Å²) in [5.74, 6) is -2.33. The van der Waals surface area contributed by atoms with Gasteiger partial charge < -0.3 is 15.1 Å². The van der Waals surface area contributed by atoms with Crippen LogP contribution >= 0.6 is 11.6 Å². The zero-order chi connectivity index (χ0) is 19.4. The van der Waals surface area contributed by atoms with Gasteiger partial charge in [-0.15, -0.1) is 0 Å². The van der Waals surface area contributed by atoms with Crippen LogP contribution in [0.4, 0.5) is 0 Å². The monoisotopic (exact) mass is 375 g/mol. The third-order valence-electron chi connectivity index (χ3n) is 3.06. The van der Waals surface area contributed by atoms with Crippen LogP contribution in [0.25, 0.3) is 0 Å². The zero-order valence-corrected chi connectivity index (χ0v) is 14.5. The van der Waals surface area contributed by atoms with Gasteiger partial charge in [0.2, 0.25) is 0 Å². The molecule has 2 N–H and O–H groups in total. The van der Waals surface area contributed by atoms with Crippen LogP contribution in [-0.4, -0.2) is 39.5 Å². The predicted molar refractivity (Wildman–Crippen MR) is 97.9 cm³/mol. The third kappa shape index (κ3) is 8.12. The minimum Gasteiger partial charge on any atom is -0.480 e. The molecule has 6 nitrogen and oxygen atoms in total. The van der Waals surface area contributed by atoms with Gasteiger partial charge in [-0.25, -0.2) is 4.79 Å². The molecule has 0 aromatic heterocycles. The summed E-state index contributed by atoms with van der Waals surface area (Å²) < 4.78 is 0. The third-order valence-corrected chi connectivity index (χ3v) is 3.18. The first-order chi connectivity index (χ1) is 12.4. The van der Waals surface area contributed by atoms with Gasteiger partial charge in [-0.2, -0.15) is 0 Å². The molecule has 0 heterocycles. The van der Waals surface area contributed by atoms with E-state index in [0.29, 0.717) is 5.56 Å². The number of carboxylic acid groups (broad SMARTS) is 2. The maximum absolute atomic E-state index is 12.3. The van der Waals surface area contributed by atoms with Crippen LogP contribution in [0.1, 0.15) is 15.9 Å². The smallest absolute Gasteiger partial charge is 0.329 e. The molecule has 0 unspecified atom stereocenters. The summed E-state index contributed by atoms with van der Waals surface area (Å²) in [6, 6.07) is 18.0. The van der Waals surface area contributed by atoms with Crippen molar-refractivity contribution < 1.29 is 24.6 Å².